The Morgan fingerprint density at radius 1 is 0.676 bits per heavy atom. The quantitative estimate of drug-likeness (QED) is 0.00934. The molecule has 0 unspecified atom stereocenters. The number of nitrogen functional groups attached to an aromatic ring is 2. The lowest BCUT2D eigenvalue weighted by molar-refractivity contribution is -0.153. The molecule has 0 bridgehead atoms. The van der Waals surface area contributed by atoms with E-state index in [4.69, 9.17) is 25.8 Å². The third-order valence-electron chi connectivity index (χ3n) is 15.4. The van der Waals surface area contributed by atoms with E-state index in [1.54, 1.807) is 19.4 Å². The molecule has 0 aliphatic carbocycles. The fourth-order valence-corrected chi connectivity index (χ4v) is 16.7. The molecule has 10 amide bonds. The Bertz CT molecular complexity index is 4230. The van der Waals surface area contributed by atoms with Gasteiger partial charge >= 0.3 is 41.7 Å². The van der Waals surface area contributed by atoms with Crippen molar-refractivity contribution in [2.24, 2.45) is 17.4 Å². The number of likely N-dealkylation sites (N-methyl/N-ethyl adjacent to an activating group) is 1. The van der Waals surface area contributed by atoms with E-state index in [-0.39, 0.29) is 105 Å². The van der Waals surface area contributed by atoms with E-state index in [1.807, 2.05) is 0 Å². The minimum atomic E-state index is -1.42. The van der Waals surface area contributed by atoms with Crippen molar-refractivity contribution in [3.05, 3.63) is 85.8 Å². The van der Waals surface area contributed by atoms with E-state index in [9.17, 15) is 82.8 Å². The van der Waals surface area contributed by atoms with E-state index in [2.05, 4.69) is 61.9 Å². The molecular weight excluding hydrogens is 1470 g/mol. The molecule has 0 spiro atoms. The molecule has 4 aromatic rings. The molecule has 46 heteroatoms. The number of imide groups is 1. The molecule has 4 fully saturated rings. The number of rotatable bonds is 23. The first-order valence-corrected chi connectivity index (χ1v) is 35.5. The Kier molecular flexibility index (Phi) is 24.5. The molecule has 542 valence electrons. The highest BCUT2D eigenvalue weighted by atomic mass is 32.2. The molecule has 0 saturated carbocycles. The first-order valence-electron chi connectivity index (χ1n) is 29.6. The number of nitrogens with two attached hydrogens (primary N) is 2. The number of thiazole rings is 2. The van der Waals surface area contributed by atoms with Gasteiger partial charge in [0.25, 0.3) is 29.5 Å². The van der Waals surface area contributed by atoms with Gasteiger partial charge in [-0.2, -0.15) is 0 Å². The number of methoxy groups -OCH3 is 1. The molecule has 12 N–H and O–H groups in total. The number of carbonyl (C=O) groups excluding carboxylic acids is 10. The number of aromatic nitrogens is 6. The lowest BCUT2D eigenvalue weighted by Gasteiger charge is -2.49. The number of nitrogens with zero attached hydrogens (tertiary/aromatic N) is 13. The van der Waals surface area contributed by atoms with Gasteiger partial charge in [0.05, 0.1) is 6.61 Å². The maximum atomic E-state index is 13.6. The second kappa shape index (κ2) is 32.9. The molecule has 7 atom stereocenters. The zero-order valence-electron chi connectivity index (χ0n) is 54.0. The number of aryl methyl sites for hydroxylation is 1. The number of phenolic OH excluding ortho intramolecular Hbond substituents is 1. The number of tetrazole rings is 1. The fraction of sp³-hybridized carbons (Fsp3) is 0.393. The zero-order chi connectivity index (χ0) is 74.1. The summed E-state index contributed by atoms with van der Waals surface area (Å²) < 4.78 is 11.3. The molecule has 3 aromatic heterocycles. The molecule has 4 saturated heterocycles. The van der Waals surface area contributed by atoms with Gasteiger partial charge in [0.1, 0.15) is 95.3 Å². The number of aliphatic carboxylic acids is 3. The van der Waals surface area contributed by atoms with Gasteiger partial charge in [-0.05, 0) is 46.2 Å². The van der Waals surface area contributed by atoms with E-state index in [1.165, 1.54) is 119 Å². The van der Waals surface area contributed by atoms with Gasteiger partial charge in [-0.25, -0.2) is 33.8 Å². The number of benzene rings is 1. The van der Waals surface area contributed by atoms with Crippen molar-refractivity contribution in [1.82, 2.24) is 75.9 Å². The van der Waals surface area contributed by atoms with Crippen LogP contribution < -0.4 is 32.7 Å². The molecule has 1 aromatic carbocycles. The van der Waals surface area contributed by atoms with Crippen LogP contribution in [0.1, 0.15) is 36.8 Å². The summed E-state index contributed by atoms with van der Waals surface area (Å²) in [5.74, 6) is -9.28. The Morgan fingerprint density at radius 3 is 1.57 bits per heavy atom. The Hall–Kier alpha value is -10.4. The molecule has 40 nitrogen and oxygen atoms in total. The average molecular weight is 1530 g/mol. The van der Waals surface area contributed by atoms with Gasteiger partial charge in [0, 0.05) is 80.1 Å². The van der Waals surface area contributed by atoms with Gasteiger partial charge in [0.2, 0.25) is 11.1 Å². The summed E-state index contributed by atoms with van der Waals surface area (Å²) in [7, 11) is 5.62. The minimum Gasteiger partial charge on any atom is -0.508 e. The molecule has 0 radical (unpaired) electrons. The number of esters is 1. The number of ether oxygens (including phenoxy) is 2. The smallest absolute Gasteiger partial charge is 0.352 e. The SMILES string of the molecule is CCN1CCN(C(=O)N[C@@H](C(=O)N[C@@H]2C(=O)N3C(C(=O)O)=C(CSc4nnnn4C)CS[C@H]23)c2ccc(O)cc2)C(=O)C1=O.CO/N=C(\C(=O)N[C@@H]1C(=O)N2C(C(=O)O)=C(COC(C)=O)CS[C@H]12)c1csc(N)n1.COCC1=C(C(=O)O)N2C(=O)[C@@H](NC(=O)/C(=N\OC)c3csc(N)n3)[C@H]2SC1. The van der Waals surface area contributed by atoms with E-state index >= 15 is 0 Å². The predicted molar refractivity (Wildman–Crippen MR) is 361 cm³/mol. The number of hydrogen-bond donors (Lipinski definition) is 10. The Balaban J connectivity index is 0.000000185. The maximum Gasteiger partial charge on any atom is 0.352 e. The van der Waals surface area contributed by atoms with Crippen molar-refractivity contribution in [2.75, 3.05) is 88.7 Å². The van der Waals surface area contributed by atoms with Crippen molar-refractivity contribution < 1.29 is 102 Å². The van der Waals surface area contributed by atoms with Crippen molar-refractivity contribution >= 4 is 169 Å². The largest absolute Gasteiger partial charge is 0.508 e. The van der Waals surface area contributed by atoms with Crippen LogP contribution in [0.4, 0.5) is 15.1 Å². The third kappa shape index (κ3) is 16.2. The zero-order valence-corrected chi connectivity index (χ0v) is 58.9. The van der Waals surface area contributed by atoms with Gasteiger partial charge in [-0.3, -0.25) is 62.8 Å². The van der Waals surface area contributed by atoms with Gasteiger partial charge in [0.15, 0.2) is 21.7 Å². The predicted octanol–water partition coefficient (Wildman–Crippen LogP) is -2.27. The number of fused-ring (bicyclic) bond motifs is 3. The number of carbonyl (C=O) groups is 13. The number of carboxylic acids is 3. The van der Waals surface area contributed by atoms with Gasteiger partial charge in [-0.1, -0.05) is 34.2 Å². The van der Waals surface area contributed by atoms with Crippen LogP contribution in [-0.4, -0.2) is 275 Å². The van der Waals surface area contributed by atoms with Crippen LogP contribution in [0.15, 0.2) is 84.3 Å². The Labute approximate surface area is 600 Å². The number of nitrogens with one attached hydrogen (secondary N) is 4. The van der Waals surface area contributed by atoms with Crippen LogP contribution in [0, 0.1) is 0 Å². The number of phenols is 1. The van der Waals surface area contributed by atoms with Crippen molar-refractivity contribution in [3.8, 4) is 5.75 Å². The number of carboxylic acid groups (broad SMARTS) is 3. The van der Waals surface area contributed by atoms with Crippen LogP contribution in [-0.2, 0) is 83.7 Å². The number of anilines is 2. The fourth-order valence-electron chi connectivity index (χ4n) is 10.6. The summed E-state index contributed by atoms with van der Waals surface area (Å²) in [5, 5.41) is 69.5. The molecule has 11 rings (SSSR count). The number of β-lactam (4-membered cyclic amide) rings is 3. The van der Waals surface area contributed by atoms with Crippen molar-refractivity contribution in [3.63, 3.8) is 0 Å². The van der Waals surface area contributed by atoms with Gasteiger partial charge in [-0.15, -0.1) is 63.1 Å². The second-order valence-corrected chi connectivity index (χ2v) is 27.7. The number of aromatic hydroxyl groups is 1. The highest BCUT2D eigenvalue weighted by molar-refractivity contribution is 8.01. The van der Waals surface area contributed by atoms with Crippen molar-refractivity contribution in [2.45, 2.75) is 59.3 Å². The minimum absolute atomic E-state index is 0.0823. The first-order chi connectivity index (χ1) is 48.6. The Morgan fingerprint density at radius 2 is 1.15 bits per heavy atom. The number of oxime groups is 2. The summed E-state index contributed by atoms with van der Waals surface area (Å²) in [4.78, 5) is 185. The molecular formula is C56H61N19O21S6. The first kappa shape index (κ1) is 75.8. The van der Waals surface area contributed by atoms with Crippen LogP contribution in [0.25, 0.3) is 0 Å². The maximum absolute atomic E-state index is 13.6. The van der Waals surface area contributed by atoms with E-state index in [0.29, 0.717) is 39.1 Å². The molecule has 102 heavy (non-hydrogen) atoms. The van der Waals surface area contributed by atoms with Crippen LogP contribution in [0.3, 0.4) is 0 Å². The lowest BCUT2D eigenvalue weighted by atomic mass is 10.0. The normalized spacial score (nSPS) is 21.1. The number of thioether (sulfide) groups is 4. The monoisotopic (exact) mass is 1530 g/mol. The highest BCUT2D eigenvalue weighted by Gasteiger charge is 2.57. The highest BCUT2D eigenvalue weighted by Crippen LogP contribution is 2.44. The number of amides is 10. The average Bonchev–Trinajstić information content (AvgIpc) is 0.910. The summed E-state index contributed by atoms with van der Waals surface area (Å²) in [5.41, 5.74) is 12.3. The summed E-state index contributed by atoms with van der Waals surface area (Å²) >= 11 is 7.31. The third-order valence-corrected chi connectivity index (χ3v) is 21.8. The molecule has 7 aliphatic rings. The summed E-state index contributed by atoms with van der Waals surface area (Å²) in [6.45, 7) is 3.13. The number of piperazine rings is 1. The van der Waals surface area contributed by atoms with E-state index < -0.39 is 117 Å². The topological polar surface area (TPSA) is 550 Å². The van der Waals surface area contributed by atoms with Crippen LogP contribution >= 0.6 is 69.7 Å². The van der Waals surface area contributed by atoms with E-state index in [0.717, 1.165) is 32.5 Å². The lowest BCUT2D eigenvalue weighted by Crippen LogP contribution is -2.71. The van der Waals surface area contributed by atoms with Crippen LogP contribution in [0.2, 0.25) is 0 Å². The summed E-state index contributed by atoms with van der Waals surface area (Å²) in [6, 6.07) is -0.0217. The van der Waals surface area contributed by atoms with Gasteiger partial charge < -0.3 is 77.2 Å². The second-order valence-electron chi connectivity index (χ2n) is 21.7. The standard InChI is InChI=1S/C25H27N9O8S2.C16H17N5O7S2.C15H17N5O6S2/c1-3-32-8-9-33(21(39)20(32)38)24(42)27-15(12-4-6-14(35)7-5-12)18(36)26-16-19(37)34-17(23(40)41)13(10-43-22(16)34)11-44-25-28-29-30-31(25)2;1-6(22)28-3-7-4-29-14-10(13(24)21(14)11(7)15(25)26)19-12(23)9(20-27-2)8-5-30-16(17)18-8;1-25-3-6-4-27-13-9(12(22)20(13)10(6)14(23)24)18-11(21)8(19-26-2)7-5-28-15(16)17-7/h4-7,15-16,22,35H,3,8-11H2,1-2H3,(H,26,36)(H,27,42)(H,40,41);5,10,14H,3-4H2,1-2H3,(H2,17,18)(H,19,23)(H,25,26);5,9,13H,3-4H2,1-2H3,(H2,16,17)(H,18,21)(H,23,24)/b;20-9-;19-8-/t15-,16-,22-;10-,14-;9-,13-/m111/s1. The number of hydrogen-bond acceptors (Lipinski definition) is 33. The van der Waals surface area contributed by atoms with Crippen LogP contribution in [0.5, 0.6) is 5.75 Å². The summed E-state index contributed by atoms with van der Waals surface area (Å²) in [6.07, 6.45) is 0. The number of urea groups is 1. The van der Waals surface area contributed by atoms with Crippen molar-refractivity contribution in [1.29, 1.82) is 0 Å². The molecule has 7 aliphatic heterocycles. The molecule has 10 heterocycles.